The Labute approximate surface area is 153 Å². The van der Waals surface area contributed by atoms with E-state index in [4.69, 9.17) is 11.6 Å². The molecule has 1 aromatic carbocycles. The molecule has 1 saturated carbocycles. The molecule has 0 unspecified atom stereocenters. The van der Waals surface area contributed by atoms with Crippen LogP contribution in [0.2, 0.25) is 5.02 Å². The summed E-state index contributed by atoms with van der Waals surface area (Å²) in [5.41, 5.74) is 1.05. The Morgan fingerprint density at radius 2 is 1.84 bits per heavy atom. The van der Waals surface area contributed by atoms with Gasteiger partial charge in [0.2, 0.25) is 0 Å². The van der Waals surface area contributed by atoms with Crippen LogP contribution >= 0.6 is 11.6 Å². The highest BCUT2D eigenvalue weighted by molar-refractivity contribution is 6.33. The summed E-state index contributed by atoms with van der Waals surface area (Å²) in [6.45, 7) is 3.72. The van der Waals surface area contributed by atoms with Gasteiger partial charge >= 0.3 is 6.03 Å². The number of halogens is 1. The lowest BCUT2D eigenvalue weighted by Crippen LogP contribution is -3.16. The summed E-state index contributed by atoms with van der Waals surface area (Å²) >= 11 is 6.25. The standard InChI is InChI=1S/C18H25ClN4O2/c19-15-7-3-4-8-16(15)23-11-9-22(10-12-23)13-17(24)21-18(25)20-14-5-1-2-6-14/h3-4,7-8,14H,1-2,5-6,9-13H2,(H2,20,21,24,25)/p+1. The number of hydrogen-bond donors (Lipinski definition) is 3. The number of urea groups is 1. The van der Waals surface area contributed by atoms with Crippen LogP contribution in [0.15, 0.2) is 24.3 Å². The molecule has 3 N–H and O–H groups in total. The van der Waals surface area contributed by atoms with Crippen LogP contribution in [-0.4, -0.2) is 50.7 Å². The normalized spacial score (nSPS) is 19.0. The minimum Gasteiger partial charge on any atom is -0.359 e. The topological polar surface area (TPSA) is 65.9 Å². The number of rotatable bonds is 4. The zero-order valence-electron chi connectivity index (χ0n) is 14.4. The molecule has 0 spiro atoms. The lowest BCUT2D eigenvalue weighted by atomic mass is 10.2. The Bertz CT molecular complexity index is 611. The molecule has 1 aliphatic carbocycles. The van der Waals surface area contributed by atoms with Crippen molar-refractivity contribution in [2.24, 2.45) is 0 Å². The van der Waals surface area contributed by atoms with Crippen molar-refractivity contribution in [1.82, 2.24) is 10.6 Å². The van der Waals surface area contributed by atoms with Gasteiger partial charge in [-0.15, -0.1) is 0 Å². The zero-order valence-corrected chi connectivity index (χ0v) is 15.1. The molecule has 0 atom stereocenters. The second-order valence-corrected chi connectivity index (χ2v) is 7.28. The molecule has 3 amide bonds. The Morgan fingerprint density at radius 1 is 1.16 bits per heavy atom. The number of amides is 3. The van der Waals surface area contributed by atoms with Gasteiger partial charge in [0.05, 0.1) is 36.9 Å². The Hall–Kier alpha value is -1.79. The first-order valence-corrected chi connectivity index (χ1v) is 9.43. The molecule has 1 heterocycles. The number of carbonyl (C=O) groups excluding carboxylic acids is 2. The number of anilines is 1. The number of quaternary nitrogens is 1. The SMILES string of the molecule is O=C(C[NH+]1CCN(c2ccccc2Cl)CC1)NC(=O)NC1CCCC1. The van der Waals surface area contributed by atoms with E-state index in [2.05, 4.69) is 15.5 Å². The van der Waals surface area contributed by atoms with Crippen LogP contribution in [-0.2, 0) is 4.79 Å². The van der Waals surface area contributed by atoms with Gasteiger partial charge in [-0.25, -0.2) is 4.79 Å². The fraction of sp³-hybridized carbons (Fsp3) is 0.556. The third-order valence-electron chi connectivity index (χ3n) is 5.02. The summed E-state index contributed by atoms with van der Waals surface area (Å²) < 4.78 is 0. The van der Waals surface area contributed by atoms with Crippen LogP contribution in [0.4, 0.5) is 10.5 Å². The summed E-state index contributed by atoms with van der Waals surface area (Å²) in [7, 11) is 0. The number of para-hydroxylation sites is 1. The van der Waals surface area contributed by atoms with Crippen molar-refractivity contribution in [3.8, 4) is 0 Å². The van der Waals surface area contributed by atoms with Gasteiger partial charge in [-0.05, 0) is 25.0 Å². The monoisotopic (exact) mass is 365 g/mol. The largest absolute Gasteiger partial charge is 0.359 e. The molecule has 7 heteroatoms. The van der Waals surface area contributed by atoms with Crippen molar-refractivity contribution in [2.45, 2.75) is 31.7 Å². The molecule has 0 bridgehead atoms. The summed E-state index contributed by atoms with van der Waals surface area (Å²) in [5, 5.41) is 6.10. The van der Waals surface area contributed by atoms with E-state index in [1.54, 1.807) is 0 Å². The van der Waals surface area contributed by atoms with Crippen molar-refractivity contribution >= 4 is 29.2 Å². The highest BCUT2D eigenvalue weighted by atomic mass is 35.5. The summed E-state index contributed by atoms with van der Waals surface area (Å²) in [6.07, 6.45) is 4.32. The maximum absolute atomic E-state index is 12.1. The number of benzene rings is 1. The van der Waals surface area contributed by atoms with Crippen LogP contribution < -0.4 is 20.4 Å². The van der Waals surface area contributed by atoms with Gasteiger partial charge in [-0.1, -0.05) is 36.6 Å². The molecule has 25 heavy (non-hydrogen) atoms. The van der Waals surface area contributed by atoms with Gasteiger partial charge in [0, 0.05) is 6.04 Å². The first-order valence-electron chi connectivity index (χ1n) is 9.05. The van der Waals surface area contributed by atoms with E-state index < -0.39 is 0 Å². The third-order valence-corrected chi connectivity index (χ3v) is 5.34. The van der Waals surface area contributed by atoms with Crippen molar-refractivity contribution in [1.29, 1.82) is 0 Å². The van der Waals surface area contributed by atoms with Gasteiger partial charge in [-0.3, -0.25) is 10.1 Å². The minimum absolute atomic E-state index is 0.211. The molecule has 2 fully saturated rings. The maximum atomic E-state index is 12.1. The number of nitrogens with one attached hydrogen (secondary N) is 3. The van der Waals surface area contributed by atoms with Gasteiger partial charge < -0.3 is 15.1 Å². The van der Waals surface area contributed by atoms with E-state index in [0.29, 0.717) is 6.54 Å². The highest BCUT2D eigenvalue weighted by Gasteiger charge is 2.24. The van der Waals surface area contributed by atoms with E-state index in [-0.39, 0.29) is 18.0 Å². The van der Waals surface area contributed by atoms with E-state index in [0.717, 1.165) is 62.6 Å². The molecule has 3 rings (SSSR count). The Morgan fingerprint density at radius 3 is 2.52 bits per heavy atom. The predicted molar refractivity (Wildman–Crippen MR) is 98.2 cm³/mol. The van der Waals surface area contributed by atoms with E-state index in [1.165, 1.54) is 4.90 Å². The lowest BCUT2D eigenvalue weighted by Gasteiger charge is -2.33. The van der Waals surface area contributed by atoms with Crippen molar-refractivity contribution < 1.29 is 14.5 Å². The van der Waals surface area contributed by atoms with Crippen molar-refractivity contribution in [2.75, 3.05) is 37.6 Å². The van der Waals surface area contributed by atoms with Gasteiger partial charge in [0.1, 0.15) is 0 Å². The molecule has 1 aliphatic heterocycles. The molecule has 6 nitrogen and oxygen atoms in total. The summed E-state index contributed by atoms with van der Waals surface area (Å²) in [6, 6.07) is 7.69. The molecule has 0 aromatic heterocycles. The Balaban J connectivity index is 1.40. The van der Waals surface area contributed by atoms with Gasteiger partial charge in [-0.2, -0.15) is 0 Å². The van der Waals surface area contributed by atoms with E-state index >= 15 is 0 Å². The minimum atomic E-state index is -0.356. The number of hydrogen-bond acceptors (Lipinski definition) is 3. The average Bonchev–Trinajstić information content (AvgIpc) is 3.09. The van der Waals surface area contributed by atoms with Crippen LogP contribution in [0.5, 0.6) is 0 Å². The molecule has 136 valence electrons. The van der Waals surface area contributed by atoms with E-state index in [9.17, 15) is 9.59 Å². The first-order chi connectivity index (χ1) is 12.1. The second-order valence-electron chi connectivity index (χ2n) is 6.87. The van der Waals surface area contributed by atoms with E-state index in [1.807, 2.05) is 24.3 Å². The highest BCUT2D eigenvalue weighted by Crippen LogP contribution is 2.24. The first kappa shape index (κ1) is 18.0. The summed E-state index contributed by atoms with van der Waals surface area (Å²) in [4.78, 5) is 27.4. The van der Waals surface area contributed by atoms with Crippen LogP contribution in [0.25, 0.3) is 0 Å². The predicted octanol–water partition coefficient (Wildman–Crippen LogP) is 0.813. The van der Waals surface area contributed by atoms with Crippen molar-refractivity contribution in [3.05, 3.63) is 29.3 Å². The fourth-order valence-electron chi connectivity index (χ4n) is 3.64. The molecule has 0 radical (unpaired) electrons. The molecule has 2 aliphatic rings. The zero-order chi connectivity index (χ0) is 17.6. The van der Waals surface area contributed by atoms with Crippen LogP contribution in [0.3, 0.4) is 0 Å². The lowest BCUT2D eigenvalue weighted by molar-refractivity contribution is -0.892. The quantitative estimate of drug-likeness (QED) is 0.740. The average molecular weight is 366 g/mol. The second kappa shape index (κ2) is 8.54. The van der Waals surface area contributed by atoms with Gasteiger partial charge in [0.15, 0.2) is 6.54 Å². The Kier molecular flexibility index (Phi) is 6.15. The van der Waals surface area contributed by atoms with Crippen LogP contribution in [0.1, 0.15) is 25.7 Å². The number of nitrogens with zero attached hydrogens (tertiary/aromatic N) is 1. The fourth-order valence-corrected chi connectivity index (χ4v) is 3.89. The number of imide groups is 1. The molecule has 1 aromatic rings. The molecular weight excluding hydrogens is 340 g/mol. The number of piperazine rings is 1. The van der Waals surface area contributed by atoms with Crippen molar-refractivity contribution in [3.63, 3.8) is 0 Å². The maximum Gasteiger partial charge on any atom is 0.321 e. The molecular formula is C18H26ClN4O2+. The molecule has 1 saturated heterocycles. The number of carbonyl (C=O) groups is 2. The third kappa shape index (κ3) is 5.09. The van der Waals surface area contributed by atoms with Gasteiger partial charge in [0.25, 0.3) is 5.91 Å². The smallest absolute Gasteiger partial charge is 0.321 e. The summed E-state index contributed by atoms with van der Waals surface area (Å²) in [5.74, 6) is -0.211. The van der Waals surface area contributed by atoms with Crippen LogP contribution in [0, 0.1) is 0 Å².